The van der Waals surface area contributed by atoms with E-state index in [0.29, 0.717) is 0 Å². The van der Waals surface area contributed by atoms with E-state index in [1.165, 1.54) is 43.5 Å². The number of hydrogen-bond donors (Lipinski definition) is 0. The number of rotatable bonds is 8. The number of hydrogen-bond acceptors (Lipinski definition) is 4. The lowest BCUT2D eigenvalue weighted by Crippen LogP contribution is -2.30. The highest BCUT2D eigenvalue weighted by Gasteiger charge is 2.18. The Balaban J connectivity index is 1.32. The van der Waals surface area contributed by atoms with Gasteiger partial charge in [-0.05, 0) is 81.9 Å². The molecule has 0 amide bonds. The van der Waals surface area contributed by atoms with Gasteiger partial charge in [-0.1, -0.05) is 66.7 Å². The highest BCUT2D eigenvalue weighted by Crippen LogP contribution is 2.31. The summed E-state index contributed by atoms with van der Waals surface area (Å²) in [6, 6.07) is 27.2. The van der Waals surface area contributed by atoms with Gasteiger partial charge in [-0.15, -0.1) is 10.2 Å². The van der Waals surface area contributed by atoms with Crippen LogP contribution >= 0.6 is 0 Å². The Morgan fingerprint density at radius 2 is 1.46 bits per heavy atom. The molecule has 4 aromatic rings. The Labute approximate surface area is 208 Å². The zero-order valence-electron chi connectivity index (χ0n) is 20.7. The number of likely N-dealkylation sites (tertiary alicyclic amines) is 1. The lowest BCUT2D eigenvalue weighted by Gasteiger charge is -2.28. The summed E-state index contributed by atoms with van der Waals surface area (Å²) in [7, 11) is 2.22. The first-order valence-corrected chi connectivity index (χ1v) is 12.7. The zero-order valence-corrected chi connectivity index (χ0v) is 20.7. The average Bonchev–Trinajstić information content (AvgIpc) is 3.29. The fourth-order valence-corrected chi connectivity index (χ4v) is 4.95. The molecule has 1 aliphatic heterocycles. The van der Waals surface area contributed by atoms with Crippen molar-refractivity contribution in [1.82, 2.24) is 19.7 Å². The lowest BCUT2D eigenvalue weighted by atomic mass is 9.93. The van der Waals surface area contributed by atoms with E-state index in [2.05, 4.69) is 81.3 Å². The molecule has 3 aromatic carbocycles. The number of piperidine rings is 1. The SMILES string of the molecule is Cc1nnc(-c2ccc(-c3ccccc3)cc2)n1-c1ccccc1OCCCC1CCN(C)CC1. The zero-order chi connectivity index (χ0) is 24.0. The van der Waals surface area contributed by atoms with Crippen LogP contribution in [-0.4, -0.2) is 46.4 Å². The Morgan fingerprint density at radius 1 is 0.800 bits per heavy atom. The van der Waals surface area contributed by atoms with Gasteiger partial charge in [-0.2, -0.15) is 0 Å². The maximum absolute atomic E-state index is 6.31. The molecule has 0 bridgehead atoms. The van der Waals surface area contributed by atoms with Crippen LogP contribution < -0.4 is 4.74 Å². The van der Waals surface area contributed by atoms with E-state index in [4.69, 9.17) is 4.74 Å². The molecule has 1 aliphatic rings. The Bertz CT molecular complexity index is 1220. The minimum atomic E-state index is 0.728. The summed E-state index contributed by atoms with van der Waals surface area (Å²) < 4.78 is 8.41. The number of nitrogens with zero attached hydrogens (tertiary/aromatic N) is 4. The first kappa shape index (κ1) is 23.3. The van der Waals surface area contributed by atoms with Gasteiger partial charge in [0, 0.05) is 5.56 Å². The molecule has 0 spiro atoms. The third-order valence-electron chi connectivity index (χ3n) is 7.03. The number of aromatic nitrogens is 3. The summed E-state index contributed by atoms with van der Waals surface area (Å²) in [6.07, 6.45) is 4.93. The van der Waals surface area contributed by atoms with E-state index in [0.717, 1.165) is 47.6 Å². The summed E-state index contributed by atoms with van der Waals surface area (Å²) in [5, 5.41) is 8.93. The van der Waals surface area contributed by atoms with E-state index in [9.17, 15) is 0 Å². The van der Waals surface area contributed by atoms with Gasteiger partial charge >= 0.3 is 0 Å². The molecule has 2 heterocycles. The van der Waals surface area contributed by atoms with Crippen molar-refractivity contribution in [3.63, 3.8) is 0 Å². The van der Waals surface area contributed by atoms with E-state index < -0.39 is 0 Å². The molecular formula is C30H34N4O. The molecule has 5 rings (SSSR count). The molecule has 1 aromatic heterocycles. The first-order chi connectivity index (χ1) is 17.2. The molecule has 0 radical (unpaired) electrons. The highest BCUT2D eigenvalue weighted by molar-refractivity contribution is 5.69. The summed E-state index contributed by atoms with van der Waals surface area (Å²) in [5.74, 6) is 3.37. The van der Waals surface area contributed by atoms with Crippen LogP contribution in [0.1, 0.15) is 31.5 Å². The summed E-state index contributed by atoms with van der Waals surface area (Å²) in [5.41, 5.74) is 4.40. The van der Waals surface area contributed by atoms with E-state index in [1.54, 1.807) is 0 Å². The van der Waals surface area contributed by atoms with Gasteiger partial charge in [0.1, 0.15) is 11.6 Å². The summed E-state index contributed by atoms with van der Waals surface area (Å²) in [6.45, 7) is 5.16. The van der Waals surface area contributed by atoms with Gasteiger partial charge < -0.3 is 9.64 Å². The quantitative estimate of drug-likeness (QED) is 0.281. The van der Waals surface area contributed by atoms with Crippen LogP contribution in [0.15, 0.2) is 78.9 Å². The second-order valence-electron chi connectivity index (χ2n) is 9.55. The minimum absolute atomic E-state index is 0.728. The van der Waals surface area contributed by atoms with Crippen molar-refractivity contribution in [2.75, 3.05) is 26.7 Å². The lowest BCUT2D eigenvalue weighted by molar-refractivity contribution is 0.200. The second kappa shape index (κ2) is 10.9. The molecule has 0 N–H and O–H groups in total. The molecule has 0 saturated carbocycles. The van der Waals surface area contributed by atoms with E-state index in [-0.39, 0.29) is 0 Å². The largest absolute Gasteiger partial charge is 0.491 e. The van der Waals surface area contributed by atoms with Crippen molar-refractivity contribution in [2.24, 2.45) is 5.92 Å². The van der Waals surface area contributed by atoms with Gasteiger partial charge in [0.25, 0.3) is 0 Å². The van der Waals surface area contributed by atoms with Crippen molar-refractivity contribution in [1.29, 1.82) is 0 Å². The minimum Gasteiger partial charge on any atom is -0.491 e. The topological polar surface area (TPSA) is 43.2 Å². The molecule has 0 atom stereocenters. The van der Waals surface area contributed by atoms with Gasteiger partial charge in [0.15, 0.2) is 5.82 Å². The first-order valence-electron chi connectivity index (χ1n) is 12.7. The van der Waals surface area contributed by atoms with Crippen molar-refractivity contribution in [3.05, 3.63) is 84.7 Å². The van der Waals surface area contributed by atoms with Crippen LogP contribution in [0.4, 0.5) is 0 Å². The fourth-order valence-electron chi connectivity index (χ4n) is 4.95. The van der Waals surface area contributed by atoms with Crippen LogP contribution in [0.3, 0.4) is 0 Å². The Kier molecular flexibility index (Phi) is 7.24. The third-order valence-corrected chi connectivity index (χ3v) is 7.03. The van der Waals surface area contributed by atoms with Gasteiger partial charge in [-0.3, -0.25) is 4.57 Å². The van der Waals surface area contributed by atoms with Crippen LogP contribution in [0.2, 0.25) is 0 Å². The fraction of sp³-hybridized carbons (Fsp3) is 0.333. The predicted octanol–water partition coefficient (Wildman–Crippen LogP) is 6.41. The summed E-state index contributed by atoms with van der Waals surface area (Å²) >= 11 is 0. The second-order valence-corrected chi connectivity index (χ2v) is 9.55. The van der Waals surface area contributed by atoms with Gasteiger partial charge in [0.05, 0.1) is 12.3 Å². The van der Waals surface area contributed by atoms with E-state index >= 15 is 0 Å². The molecule has 1 fully saturated rings. The number of aryl methyl sites for hydroxylation is 1. The monoisotopic (exact) mass is 466 g/mol. The molecule has 5 heteroatoms. The molecular weight excluding hydrogens is 432 g/mol. The van der Waals surface area contributed by atoms with Crippen molar-refractivity contribution in [3.8, 4) is 34.0 Å². The van der Waals surface area contributed by atoms with Crippen LogP contribution in [-0.2, 0) is 0 Å². The smallest absolute Gasteiger partial charge is 0.168 e. The molecule has 1 saturated heterocycles. The normalized spacial score (nSPS) is 14.8. The molecule has 35 heavy (non-hydrogen) atoms. The molecule has 180 valence electrons. The van der Waals surface area contributed by atoms with Crippen LogP contribution in [0, 0.1) is 12.8 Å². The highest BCUT2D eigenvalue weighted by atomic mass is 16.5. The van der Waals surface area contributed by atoms with Crippen molar-refractivity contribution >= 4 is 0 Å². The van der Waals surface area contributed by atoms with Gasteiger partial charge in [-0.25, -0.2) is 0 Å². The predicted molar refractivity (Wildman–Crippen MR) is 142 cm³/mol. The van der Waals surface area contributed by atoms with Crippen molar-refractivity contribution in [2.45, 2.75) is 32.6 Å². The number of para-hydroxylation sites is 2. The average molecular weight is 467 g/mol. The third kappa shape index (κ3) is 5.46. The molecule has 0 unspecified atom stereocenters. The Hall–Kier alpha value is -3.44. The number of ether oxygens (including phenoxy) is 1. The maximum Gasteiger partial charge on any atom is 0.168 e. The van der Waals surface area contributed by atoms with E-state index in [1.807, 2.05) is 31.2 Å². The Morgan fingerprint density at radius 3 is 2.23 bits per heavy atom. The molecule has 0 aliphatic carbocycles. The number of benzene rings is 3. The standard InChI is InChI=1S/C30H34N4O/c1-23-31-32-30(27-16-14-26(15-17-27)25-10-4-3-5-11-25)34(23)28-12-6-7-13-29(28)35-22-8-9-24-18-20-33(2)21-19-24/h3-7,10-17,24H,8-9,18-22H2,1-2H3. The maximum atomic E-state index is 6.31. The van der Waals surface area contributed by atoms with Crippen LogP contribution in [0.25, 0.3) is 28.2 Å². The summed E-state index contributed by atoms with van der Waals surface area (Å²) in [4.78, 5) is 2.43. The van der Waals surface area contributed by atoms with Crippen molar-refractivity contribution < 1.29 is 4.74 Å². The van der Waals surface area contributed by atoms with Crippen LogP contribution in [0.5, 0.6) is 5.75 Å². The molecule has 5 nitrogen and oxygen atoms in total. The van der Waals surface area contributed by atoms with Gasteiger partial charge in [0.2, 0.25) is 0 Å².